The molecule has 16 heavy (non-hydrogen) atoms. The second kappa shape index (κ2) is 4.31. The number of sulfonamides is 1. The summed E-state index contributed by atoms with van der Waals surface area (Å²) in [5.41, 5.74) is 0.583. The Balaban J connectivity index is 2.36. The van der Waals surface area contributed by atoms with Crippen LogP contribution in [0, 0.1) is 5.82 Å². The first kappa shape index (κ1) is 11.8. The van der Waals surface area contributed by atoms with Gasteiger partial charge in [0.15, 0.2) is 0 Å². The first-order valence-electron chi connectivity index (χ1n) is 4.89. The fourth-order valence-corrected chi connectivity index (χ4v) is 2.92. The summed E-state index contributed by atoms with van der Waals surface area (Å²) in [6.45, 7) is 0. The third-order valence-electron chi connectivity index (χ3n) is 2.34. The third-order valence-corrected chi connectivity index (χ3v) is 4.18. The largest absolute Gasteiger partial charge is 0.243 e. The van der Waals surface area contributed by atoms with Crippen LogP contribution in [0.4, 0.5) is 4.39 Å². The van der Waals surface area contributed by atoms with E-state index >= 15 is 0 Å². The normalized spacial score (nSPS) is 16.4. The van der Waals surface area contributed by atoms with Gasteiger partial charge in [-0.1, -0.05) is 6.07 Å². The Morgan fingerprint density at radius 1 is 1.44 bits per heavy atom. The lowest BCUT2D eigenvalue weighted by molar-refractivity contribution is 0.556. The Bertz CT molecular complexity index is 500. The highest BCUT2D eigenvalue weighted by Gasteiger charge is 2.29. The second-order valence-electron chi connectivity index (χ2n) is 3.79. The van der Waals surface area contributed by atoms with Crippen LogP contribution in [0.2, 0.25) is 0 Å². The number of hydrogen-bond donors (Lipinski definition) is 1. The lowest BCUT2D eigenvalue weighted by atomic mass is 10.2. The fraction of sp³-hybridized carbons (Fsp3) is 0.400. The Morgan fingerprint density at radius 3 is 2.69 bits per heavy atom. The average Bonchev–Trinajstić information content (AvgIpc) is 3.01. The summed E-state index contributed by atoms with van der Waals surface area (Å²) < 4.78 is 39.4. The topological polar surface area (TPSA) is 46.2 Å². The van der Waals surface area contributed by atoms with E-state index in [-0.39, 0.29) is 16.8 Å². The molecule has 3 nitrogen and oxygen atoms in total. The van der Waals surface area contributed by atoms with Crippen LogP contribution in [0.15, 0.2) is 23.1 Å². The van der Waals surface area contributed by atoms with Crippen LogP contribution in [0.1, 0.15) is 18.4 Å². The molecule has 6 heteroatoms. The van der Waals surface area contributed by atoms with Crippen molar-refractivity contribution >= 4 is 21.6 Å². The summed E-state index contributed by atoms with van der Waals surface area (Å²) in [6.07, 6.45) is 1.63. The van der Waals surface area contributed by atoms with Crippen LogP contribution in [0.5, 0.6) is 0 Å². The van der Waals surface area contributed by atoms with Gasteiger partial charge in [-0.05, 0) is 30.5 Å². The molecule has 1 saturated carbocycles. The highest BCUT2D eigenvalue weighted by atomic mass is 35.5. The minimum Gasteiger partial charge on any atom is -0.208 e. The molecule has 1 aromatic rings. The van der Waals surface area contributed by atoms with Gasteiger partial charge in [-0.15, -0.1) is 11.6 Å². The monoisotopic (exact) mass is 263 g/mol. The van der Waals surface area contributed by atoms with Gasteiger partial charge in [0.1, 0.15) is 10.7 Å². The first-order chi connectivity index (χ1) is 7.53. The number of halogens is 2. The van der Waals surface area contributed by atoms with Gasteiger partial charge >= 0.3 is 0 Å². The van der Waals surface area contributed by atoms with E-state index in [1.165, 1.54) is 12.1 Å². The zero-order chi connectivity index (χ0) is 11.8. The highest BCUT2D eigenvalue weighted by Crippen LogP contribution is 2.24. The molecule has 0 amide bonds. The lowest BCUT2D eigenvalue weighted by Gasteiger charge is -2.07. The Morgan fingerprint density at radius 2 is 2.12 bits per heavy atom. The van der Waals surface area contributed by atoms with Crippen LogP contribution in [0.3, 0.4) is 0 Å². The maximum Gasteiger partial charge on any atom is 0.243 e. The second-order valence-corrected chi connectivity index (χ2v) is 5.74. The number of benzene rings is 1. The van der Waals surface area contributed by atoms with Gasteiger partial charge in [0, 0.05) is 11.9 Å². The maximum absolute atomic E-state index is 13.4. The van der Waals surface area contributed by atoms with Crippen molar-refractivity contribution in [3.8, 4) is 0 Å². The number of alkyl halides is 1. The molecule has 0 heterocycles. The molecule has 1 aromatic carbocycles. The molecule has 88 valence electrons. The average molecular weight is 264 g/mol. The van der Waals surface area contributed by atoms with Crippen molar-refractivity contribution in [2.24, 2.45) is 0 Å². The van der Waals surface area contributed by atoms with Gasteiger partial charge in [-0.2, -0.15) is 0 Å². The minimum absolute atomic E-state index is 0.0379. The molecule has 0 atom stereocenters. The minimum atomic E-state index is -3.74. The van der Waals surface area contributed by atoms with E-state index in [0.29, 0.717) is 5.56 Å². The zero-order valence-electron chi connectivity index (χ0n) is 8.41. The molecule has 0 unspecified atom stereocenters. The Hall–Kier alpha value is -0.650. The van der Waals surface area contributed by atoms with Crippen LogP contribution in [0.25, 0.3) is 0 Å². The van der Waals surface area contributed by atoms with Crippen LogP contribution >= 0.6 is 11.6 Å². The van der Waals surface area contributed by atoms with E-state index in [1.807, 2.05) is 0 Å². The summed E-state index contributed by atoms with van der Waals surface area (Å²) in [5.74, 6) is -0.589. The van der Waals surface area contributed by atoms with Crippen LogP contribution in [-0.4, -0.2) is 14.5 Å². The summed E-state index contributed by atoms with van der Waals surface area (Å²) in [6, 6.07) is 3.83. The standard InChI is InChI=1S/C10H11ClFNO2S/c11-6-7-1-4-9(12)10(5-7)16(14,15)13-8-2-3-8/h1,4-5,8,13H,2-3,6H2. The molecular weight excluding hydrogens is 253 g/mol. The molecule has 2 rings (SSSR count). The van der Waals surface area contributed by atoms with E-state index < -0.39 is 15.8 Å². The summed E-state index contributed by atoms with van der Waals surface area (Å²) in [5, 5.41) is 0. The molecule has 0 bridgehead atoms. The van der Waals surface area contributed by atoms with Crippen molar-refractivity contribution in [1.82, 2.24) is 4.72 Å². The molecule has 1 aliphatic rings. The fourth-order valence-electron chi connectivity index (χ4n) is 1.32. The molecule has 0 saturated heterocycles. The van der Waals surface area contributed by atoms with Crippen molar-refractivity contribution in [2.75, 3.05) is 0 Å². The molecule has 1 N–H and O–H groups in total. The molecular formula is C10H11ClFNO2S. The molecule has 1 fully saturated rings. The van der Waals surface area contributed by atoms with Gasteiger partial charge in [-0.25, -0.2) is 17.5 Å². The Labute approximate surface area is 98.7 Å². The van der Waals surface area contributed by atoms with Crippen molar-refractivity contribution in [1.29, 1.82) is 0 Å². The maximum atomic E-state index is 13.4. The van der Waals surface area contributed by atoms with Gasteiger partial charge in [0.05, 0.1) is 0 Å². The zero-order valence-corrected chi connectivity index (χ0v) is 9.98. The SMILES string of the molecule is O=S(=O)(NC1CC1)c1cc(CCl)ccc1F. The quantitative estimate of drug-likeness (QED) is 0.845. The van der Waals surface area contributed by atoms with Crippen molar-refractivity contribution in [3.63, 3.8) is 0 Å². The Kier molecular flexibility index (Phi) is 3.19. The predicted octanol–water partition coefficient (Wildman–Crippen LogP) is 2.01. The molecule has 0 radical (unpaired) electrons. The van der Waals surface area contributed by atoms with Crippen LogP contribution in [-0.2, 0) is 15.9 Å². The third kappa shape index (κ3) is 2.53. The van der Waals surface area contributed by atoms with Gasteiger partial charge in [0.2, 0.25) is 10.0 Å². The van der Waals surface area contributed by atoms with Crippen LogP contribution < -0.4 is 4.72 Å². The van der Waals surface area contributed by atoms with E-state index in [1.54, 1.807) is 0 Å². The predicted molar refractivity (Wildman–Crippen MR) is 59.3 cm³/mol. The number of hydrogen-bond acceptors (Lipinski definition) is 2. The first-order valence-corrected chi connectivity index (χ1v) is 6.91. The van der Waals surface area contributed by atoms with E-state index in [2.05, 4.69) is 4.72 Å². The molecule has 0 aliphatic heterocycles. The molecule has 0 aromatic heterocycles. The number of rotatable bonds is 4. The van der Waals surface area contributed by atoms with Gasteiger partial charge < -0.3 is 0 Å². The molecule has 1 aliphatic carbocycles. The summed E-state index contributed by atoms with van der Waals surface area (Å²) >= 11 is 5.58. The van der Waals surface area contributed by atoms with Gasteiger partial charge in [0.25, 0.3) is 0 Å². The van der Waals surface area contributed by atoms with E-state index in [4.69, 9.17) is 11.6 Å². The summed E-state index contributed by atoms with van der Waals surface area (Å²) in [4.78, 5) is -0.322. The van der Waals surface area contributed by atoms with Crippen molar-refractivity contribution in [3.05, 3.63) is 29.6 Å². The number of nitrogens with one attached hydrogen (secondary N) is 1. The van der Waals surface area contributed by atoms with Crippen molar-refractivity contribution in [2.45, 2.75) is 29.7 Å². The van der Waals surface area contributed by atoms with Gasteiger partial charge in [-0.3, -0.25) is 0 Å². The smallest absolute Gasteiger partial charge is 0.208 e. The highest BCUT2D eigenvalue weighted by molar-refractivity contribution is 7.89. The van der Waals surface area contributed by atoms with Crippen molar-refractivity contribution < 1.29 is 12.8 Å². The van der Waals surface area contributed by atoms with E-state index in [0.717, 1.165) is 18.9 Å². The van der Waals surface area contributed by atoms with E-state index in [9.17, 15) is 12.8 Å². The summed E-state index contributed by atoms with van der Waals surface area (Å²) in [7, 11) is -3.74. The molecule has 0 spiro atoms. The lowest BCUT2D eigenvalue weighted by Crippen LogP contribution is -2.26.